The van der Waals surface area contributed by atoms with Crippen molar-refractivity contribution in [3.05, 3.63) is 53.9 Å². The highest BCUT2D eigenvalue weighted by atomic mass is 19.1. The van der Waals surface area contributed by atoms with Gasteiger partial charge in [0.15, 0.2) is 5.82 Å². The minimum absolute atomic E-state index is 0.0415. The van der Waals surface area contributed by atoms with Gasteiger partial charge in [0.05, 0.1) is 18.1 Å². The molecule has 0 spiro atoms. The van der Waals surface area contributed by atoms with Gasteiger partial charge in [-0.3, -0.25) is 9.69 Å². The standard InChI is InChI=1S/C26H34FN7O/c1-17(2)32-11-6-12-33(14-13-32)25(35)20-7-9-21(10-8-20)30-26-29-15-22(27)24(31-26)23-16-28-19(5)34(23)18(3)4/h7-10,15-18H,6,11-14H2,1-5H3,(H,29,30,31). The Morgan fingerprint density at radius 3 is 2.40 bits per heavy atom. The van der Waals surface area contributed by atoms with Gasteiger partial charge in [-0.2, -0.15) is 0 Å². The predicted molar refractivity (Wildman–Crippen MR) is 135 cm³/mol. The Labute approximate surface area is 206 Å². The number of hydrogen-bond acceptors (Lipinski definition) is 6. The van der Waals surface area contributed by atoms with Crippen LogP contribution in [0, 0.1) is 12.7 Å². The molecule has 9 heteroatoms. The van der Waals surface area contributed by atoms with Gasteiger partial charge in [-0.1, -0.05) is 0 Å². The molecule has 0 unspecified atom stereocenters. The summed E-state index contributed by atoms with van der Waals surface area (Å²) in [4.78, 5) is 30.2. The van der Waals surface area contributed by atoms with Crippen molar-refractivity contribution < 1.29 is 9.18 Å². The number of anilines is 2. The summed E-state index contributed by atoms with van der Waals surface area (Å²) in [7, 11) is 0. The molecule has 0 aliphatic carbocycles. The van der Waals surface area contributed by atoms with Crippen molar-refractivity contribution >= 4 is 17.5 Å². The smallest absolute Gasteiger partial charge is 0.253 e. The summed E-state index contributed by atoms with van der Waals surface area (Å²) >= 11 is 0. The summed E-state index contributed by atoms with van der Waals surface area (Å²) in [6.07, 6.45) is 3.77. The number of hydrogen-bond donors (Lipinski definition) is 1. The van der Waals surface area contributed by atoms with Gasteiger partial charge in [0, 0.05) is 49.5 Å². The summed E-state index contributed by atoms with van der Waals surface area (Å²) in [5.41, 5.74) is 2.16. The van der Waals surface area contributed by atoms with Crippen LogP contribution in [0.1, 0.15) is 56.3 Å². The van der Waals surface area contributed by atoms with Crippen LogP contribution in [-0.4, -0.2) is 67.4 Å². The fraction of sp³-hybridized carbons (Fsp3) is 0.462. The number of halogens is 1. The highest BCUT2D eigenvalue weighted by molar-refractivity contribution is 5.94. The van der Waals surface area contributed by atoms with E-state index in [4.69, 9.17) is 0 Å². The van der Waals surface area contributed by atoms with Crippen molar-refractivity contribution in [1.29, 1.82) is 0 Å². The Hall–Kier alpha value is -3.33. The average molecular weight is 480 g/mol. The first-order chi connectivity index (χ1) is 16.7. The van der Waals surface area contributed by atoms with E-state index < -0.39 is 5.82 Å². The minimum atomic E-state index is -0.508. The maximum absolute atomic E-state index is 14.6. The van der Waals surface area contributed by atoms with Gasteiger partial charge < -0.3 is 14.8 Å². The van der Waals surface area contributed by atoms with E-state index in [1.54, 1.807) is 18.3 Å². The lowest BCUT2D eigenvalue weighted by Gasteiger charge is -2.25. The molecule has 8 nitrogen and oxygen atoms in total. The van der Waals surface area contributed by atoms with Crippen LogP contribution in [0.2, 0.25) is 0 Å². The highest BCUT2D eigenvalue weighted by Gasteiger charge is 2.22. The van der Waals surface area contributed by atoms with Crippen LogP contribution in [0.3, 0.4) is 0 Å². The van der Waals surface area contributed by atoms with E-state index in [2.05, 4.69) is 39.0 Å². The number of nitrogens with zero attached hydrogens (tertiary/aromatic N) is 6. The van der Waals surface area contributed by atoms with Crippen LogP contribution in [0.25, 0.3) is 11.4 Å². The number of imidazole rings is 1. The van der Waals surface area contributed by atoms with E-state index in [9.17, 15) is 9.18 Å². The Kier molecular flexibility index (Phi) is 7.45. The normalized spacial score (nSPS) is 15.0. The van der Waals surface area contributed by atoms with Crippen LogP contribution in [0.5, 0.6) is 0 Å². The second-order valence-corrected chi connectivity index (χ2v) is 9.52. The molecule has 1 aliphatic heterocycles. The highest BCUT2D eigenvalue weighted by Crippen LogP contribution is 2.26. The molecule has 35 heavy (non-hydrogen) atoms. The van der Waals surface area contributed by atoms with Crippen LogP contribution >= 0.6 is 0 Å². The van der Waals surface area contributed by atoms with Gasteiger partial charge in [-0.15, -0.1) is 0 Å². The minimum Gasteiger partial charge on any atom is -0.337 e. The number of carbonyl (C=O) groups excluding carboxylic acids is 1. The van der Waals surface area contributed by atoms with Gasteiger partial charge >= 0.3 is 0 Å². The third-order valence-electron chi connectivity index (χ3n) is 6.42. The van der Waals surface area contributed by atoms with E-state index in [0.717, 1.165) is 50.3 Å². The van der Waals surface area contributed by atoms with E-state index in [1.165, 1.54) is 0 Å². The number of benzene rings is 1. The molecule has 3 aromatic rings. The lowest BCUT2D eigenvalue weighted by atomic mass is 10.1. The Balaban J connectivity index is 1.48. The average Bonchev–Trinajstić information content (AvgIpc) is 3.05. The molecule has 1 fully saturated rings. The summed E-state index contributed by atoms with van der Waals surface area (Å²) in [5.74, 6) is 0.603. The van der Waals surface area contributed by atoms with Crippen LogP contribution in [0.4, 0.5) is 16.0 Å². The molecule has 2 aromatic heterocycles. The first-order valence-electron chi connectivity index (χ1n) is 12.2. The van der Waals surface area contributed by atoms with E-state index in [0.29, 0.717) is 17.3 Å². The SMILES string of the molecule is Cc1ncc(-c2nc(Nc3ccc(C(=O)N4CCCN(C(C)C)CC4)cc3)ncc2F)n1C(C)C. The molecule has 1 N–H and O–H groups in total. The van der Waals surface area contributed by atoms with E-state index in [-0.39, 0.29) is 23.6 Å². The summed E-state index contributed by atoms with van der Waals surface area (Å²) in [5, 5.41) is 3.12. The van der Waals surface area contributed by atoms with Gasteiger partial charge in [-0.25, -0.2) is 19.3 Å². The van der Waals surface area contributed by atoms with Gasteiger partial charge in [-0.05, 0) is 65.3 Å². The second-order valence-electron chi connectivity index (χ2n) is 9.52. The first-order valence-corrected chi connectivity index (χ1v) is 12.2. The fourth-order valence-electron chi connectivity index (χ4n) is 4.55. The summed E-state index contributed by atoms with van der Waals surface area (Å²) in [6.45, 7) is 13.7. The number of amides is 1. The van der Waals surface area contributed by atoms with Crippen molar-refractivity contribution in [2.24, 2.45) is 0 Å². The monoisotopic (exact) mass is 479 g/mol. The zero-order valence-electron chi connectivity index (χ0n) is 21.1. The molecule has 1 aliphatic rings. The van der Waals surface area contributed by atoms with Crippen LogP contribution in [-0.2, 0) is 0 Å². The van der Waals surface area contributed by atoms with Crippen molar-refractivity contribution in [2.75, 3.05) is 31.5 Å². The lowest BCUT2D eigenvalue weighted by Crippen LogP contribution is -2.37. The van der Waals surface area contributed by atoms with E-state index >= 15 is 0 Å². The molecule has 4 rings (SSSR count). The van der Waals surface area contributed by atoms with Gasteiger partial charge in [0.25, 0.3) is 5.91 Å². The van der Waals surface area contributed by atoms with Crippen LogP contribution in [0.15, 0.2) is 36.7 Å². The lowest BCUT2D eigenvalue weighted by molar-refractivity contribution is 0.0759. The molecule has 0 radical (unpaired) electrons. The molecule has 0 bridgehead atoms. The molecule has 0 atom stereocenters. The Morgan fingerprint density at radius 1 is 0.971 bits per heavy atom. The summed E-state index contributed by atoms with van der Waals surface area (Å²) in [6, 6.07) is 7.84. The topological polar surface area (TPSA) is 79.2 Å². The van der Waals surface area contributed by atoms with Crippen molar-refractivity contribution in [2.45, 2.75) is 53.1 Å². The zero-order chi connectivity index (χ0) is 25.1. The molecular weight excluding hydrogens is 445 g/mol. The molecule has 186 valence electrons. The molecule has 1 amide bonds. The first kappa shape index (κ1) is 24.8. The largest absolute Gasteiger partial charge is 0.337 e. The molecule has 0 saturated carbocycles. The number of aryl methyl sites for hydroxylation is 1. The van der Waals surface area contributed by atoms with Gasteiger partial charge in [0.1, 0.15) is 11.5 Å². The molecule has 1 aromatic carbocycles. The van der Waals surface area contributed by atoms with Crippen LogP contribution < -0.4 is 5.32 Å². The molecule has 3 heterocycles. The number of rotatable bonds is 6. The number of carbonyl (C=O) groups is 1. The summed E-state index contributed by atoms with van der Waals surface area (Å²) < 4.78 is 16.6. The van der Waals surface area contributed by atoms with Gasteiger partial charge in [0.2, 0.25) is 5.95 Å². The third-order valence-corrected chi connectivity index (χ3v) is 6.42. The third kappa shape index (κ3) is 5.51. The fourth-order valence-corrected chi connectivity index (χ4v) is 4.55. The number of aromatic nitrogens is 4. The second kappa shape index (κ2) is 10.5. The molecular formula is C26H34FN7O. The Morgan fingerprint density at radius 2 is 1.71 bits per heavy atom. The zero-order valence-corrected chi connectivity index (χ0v) is 21.1. The number of nitrogens with one attached hydrogen (secondary N) is 1. The maximum Gasteiger partial charge on any atom is 0.253 e. The predicted octanol–water partition coefficient (Wildman–Crippen LogP) is 4.67. The quantitative estimate of drug-likeness (QED) is 0.554. The van der Waals surface area contributed by atoms with Crippen molar-refractivity contribution in [3.8, 4) is 11.4 Å². The van der Waals surface area contributed by atoms with Crippen molar-refractivity contribution in [3.63, 3.8) is 0 Å². The Bertz CT molecular complexity index is 1170. The van der Waals surface area contributed by atoms with E-state index in [1.807, 2.05) is 42.4 Å². The maximum atomic E-state index is 14.6. The molecule has 1 saturated heterocycles. The van der Waals surface area contributed by atoms with Crippen molar-refractivity contribution in [1.82, 2.24) is 29.3 Å².